The molecule has 2 heterocycles. The van der Waals surface area contributed by atoms with Gasteiger partial charge in [-0.2, -0.15) is 0 Å². The molecule has 2 aromatic rings. The van der Waals surface area contributed by atoms with E-state index in [-0.39, 0.29) is 11.7 Å². The van der Waals surface area contributed by atoms with Crippen LogP contribution >= 0.6 is 0 Å². The lowest BCUT2D eigenvalue weighted by Crippen LogP contribution is -2.52. The van der Waals surface area contributed by atoms with E-state index in [9.17, 15) is 9.59 Å². The van der Waals surface area contributed by atoms with Gasteiger partial charge in [0.15, 0.2) is 11.9 Å². The number of carbonyl (C=O) groups excluding carboxylic acids is 2. The molecule has 1 aliphatic rings. The van der Waals surface area contributed by atoms with E-state index in [4.69, 9.17) is 9.15 Å². The number of benzene rings is 1. The molecule has 132 valence electrons. The zero-order valence-corrected chi connectivity index (χ0v) is 14.3. The van der Waals surface area contributed by atoms with E-state index in [2.05, 4.69) is 0 Å². The van der Waals surface area contributed by atoms with Crippen molar-refractivity contribution in [3.8, 4) is 5.75 Å². The van der Waals surface area contributed by atoms with Crippen LogP contribution in [0.4, 0.5) is 0 Å². The molecular formula is C19H22N2O4. The summed E-state index contributed by atoms with van der Waals surface area (Å²) in [5.74, 6) is 1.00. The first-order valence-corrected chi connectivity index (χ1v) is 8.43. The van der Waals surface area contributed by atoms with Crippen LogP contribution in [0.5, 0.6) is 5.75 Å². The molecular weight excluding hydrogens is 320 g/mol. The normalized spacial score (nSPS) is 16.4. The number of piperazine rings is 1. The third-order valence-corrected chi connectivity index (χ3v) is 4.25. The van der Waals surface area contributed by atoms with Gasteiger partial charge in [-0.1, -0.05) is 18.2 Å². The van der Waals surface area contributed by atoms with Gasteiger partial charge in [0.1, 0.15) is 5.75 Å². The predicted molar refractivity (Wildman–Crippen MR) is 92.6 cm³/mol. The maximum absolute atomic E-state index is 12.5. The van der Waals surface area contributed by atoms with E-state index in [1.165, 1.54) is 6.26 Å². The van der Waals surface area contributed by atoms with E-state index in [1.54, 1.807) is 24.0 Å². The Labute approximate surface area is 147 Å². The van der Waals surface area contributed by atoms with E-state index in [1.807, 2.05) is 35.2 Å². The summed E-state index contributed by atoms with van der Waals surface area (Å²) in [6.07, 6.45) is 0.969. The number of furan rings is 1. The Hall–Kier alpha value is -2.60. The second-order valence-electron chi connectivity index (χ2n) is 6.08. The van der Waals surface area contributed by atoms with E-state index in [0.29, 0.717) is 44.2 Å². The molecule has 0 unspecified atom stereocenters. The quantitative estimate of drug-likeness (QED) is 0.752. The van der Waals surface area contributed by atoms with E-state index < -0.39 is 6.10 Å². The van der Waals surface area contributed by atoms with Crippen LogP contribution in [0.25, 0.3) is 0 Å². The first-order valence-electron chi connectivity index (χ1n) is 8.43. The molecule has 1 amide bonds. The van der Waals surface area contributed by atoms with Crippen molar-refractivity contribution in [2.24, 2.45) is 0 Å². The van der Waals surface area contributed by atoms with Gasteiger partial charge in [-0.15, -0.1) is 0 Å². The van der Waals surface area contributed by atoms with Crippen LogP contribution in [0, 0.1) is 0 Å². The predicted octanol–water partition coefficient (Wildman–Crippen LogP) is 2.07. The van der Waals surface area contributed by atoms with Crippen LogP contribution in [0.3, 0.4) is 0 Å². The van der Waals surface area contributed by atoms with Gasteiger partial charge in [0, 0.05) is 26.2 Å². The van der Waals surface area contributed by atoms with Gasteiger partial charge in [0.05, 0.1) is 12.8 Å². The molecule has 1 fully saturated rings. The molecule has 1 aromatic heterocycles. The summed E-state index contributed by atoms with van der Waals surface area (Å²) >= 11 is 0. The fraction of sp³-hybridized carbons (Fsp3) is 0.368. The molecule has 0 bridgehead atoms. The van der Waals surface area contributed by atoms with Gasteiger partial charge in [-0.3, -0.25) is 14.5 Å². The van der Waals surface area contributed by atoms with Crippen molar-refractivity contribution in [1.82, 2.24) is 9.80 Å². The molecule has 3 rings (SSSR count). The Balaban J connectivity index is 1.46. The molecule has 1 aliphatic heterocycles. The highest BCUT2D eigenvalue weighted by Gasteiger charge is 2.27. The van der Waals surface area contributed by atoms with Crippen molar-refractivity contribution in [3.63, 3.8) is 0 Å². The summed E-state index contributed by atoms with van der Waals surface area (Å²) in [6.45, 7) is 4.58. The lowest BCUT2D eigenvalue weighted by molar-refractivity contribution is -0.139. The highest BCUT2D eigenvalue weighted by molar-refractivity contribution is 5.95. The monoisotopic (exact) mass is 342 g/mol. The molecule has 6 heteroatoms. The molecule has 1 atom stereocenters. The first-order chi connectivity index (χ1) is 12.1. The van der Waals surface area contributed by atoms with E-state index in [0.717, 1.165) is 0 Å². The topological polar surface area (TPSA) is 63.0 Å². The molecule has 0 spiro atoms. The van der Waals surface area contributed by atoms with Gasteiger partial charge in [0.2, 0.25) is 5.78 Å². The summed E-state index contributed by atoms with van der Waals surface area (Å²) in [4.78, 5) is 28.4. The summed E-state index contributed by atoms with van der Waals surface area (Å²) in [7, 11) is 0. The Morgan fingerprint density at radius 1 is 1.08 bits per heavy atom. The lowest BCUT2D eigenvalue weighted by atomic mass is 10.2. The van der Waals surface area contributed by atoms with Crippen molar-refractivity contribution >= 4 is 11.7 Å². The number of hydrogen-bond acceptors (Lipinski definition) is 5. The maximum Gasteiger partial charge on any atom is 0.263 e. The Morgan fingerprint density at radius 3 is 2.44 bits per heavy atom. The number of carbonyl (C=O) groups is 2. The fourth-order valence-electron chi connectivity index (χ4n) is 2.86. The Bertz CT molecular complexity index is 691. The van der Waals surface area contributed by atoms with Gasteiger partial charge >= 0.3 is 0 Å². The molecule has 1 saturated heterocycles. The number of Topliss-reactive ketones (excluding diaryl/α,β-unsaturated/α-hetero) is 1. The minimum atomic E-state index is -0.529. The van der Waals surface area contributed by atoms with Crippen LogP contribution in [0.1, 0.15) is 17.5 Å². The number of para-hydroxylation sites is 1. The van der Waals surface area contributed by atoms with Crippen molar-refractivity contribution < 1.29 is 18.7 Å². The molecule has 25 heavy (non-hydrogen) atoms. The standard InChI is InChI=1S/C19H22N2O4/c1-15(25-16-6-3-2-4-7-16)19(23)21-11-9-20(10-12-21)14-17(22)18-8-5-13-24-18/h2-8,13,15H,9-12,14H2,1H3/t15-/m1/s1. The third kappa shape index (κ3) is 4.48. The number of amides is 1. The summed E-state index contributed by atoms with van der Waals surface area (Å²) in [6, 6.07) is 12.7. The van der Waals surface area contributed by atoms with Crippen LogP contribution in [0.2, 0.25) is 0 Å². The SMILES string of the molecule is C[C@@H](Oc1ccccc1)C(=O)N1CCN(CC(=O)c2ccco2)CC1. The average Bonchev–Trinajstić information content (AvgIpc) is 3.17. The number of hydrogen-bond donors (Lipinski definition) is 0. The third-order valence-electron chi connectivity index (χ3n) is 4.25. The number of rotatable bonds is 6. The second kappa shape index (κ2) is 7.98. The molecule has 0 N–H and O–H groups in total. The van der Waals surface area contributed by atoms with Crippen LogP contribution in [-0.4, -0.2) is 60.3 Å². The van der Waals surface area contributed by atoms with Crippen molar-refractivity contribution in [3.05, 3.63) is 54.5 Å². The second-order valence-corrected chi connectivity index (χ2v) is 6.08. The highest BCUT2D eigenvalue weighted by atomic mass is 16.5. The largest absolute Gasteiger partial charge is 0.481 e. The molecule has 0 radical (unpaired) electrons. The van der Waals surface area contributed by atoms with Crippen molar-refractivity contribution in [1.29, 1.82) is 0 Å². The van der Waals surface area contributed by atoms with Gasteiger partial charge in [-0.25, -0.2) is 0 Å². The minimum Gasteiger partial charge on any atom is -0.481 e. The van der Waals surface area contributed by atoms with Gasteiger partial charge < -0.3 is 14.1 Å². The average molecular weight is 342 g/mol. The fourth-order valence-corrected chi connectivity index (χ4v) is 2.86. The Kier molecular flexibility index (Phi) is 5.50. The lowest BCUT2D eigenvalue weighted by Gasteiger charge is -2.35. The number of nitrogens with zero attached hydrogens (tertiary/aromatic N) is 2. The van der Waals surface area contributed by atoms with Crippen LogP contribution in [-0.2, 0) is 4.79 Å². The van der Waals surface area contributed by atoms with Crippen molar-refractivity contribution in [2.75, 3.05) is 32.7 Å². The van der Waals surface area contributed by atoms with Crippen LogP contribution < -0.4 is 4.74 Å². The summed E-state index contributed by atoms with van der Waals surface area (Å²) < 4.78 is 10.8. The summed E-state index contributed by atoms with van der Waals surface area (Å²) in [5, 5.41) is 0. The van der Waals surface area contributed by atoms with Crippen molar-refractivity contribution in [2.45, 2.75) is 13.0 Å². The smallest absolute Gasteiger partial charge is 0.263 e. The van der Waals surface area contributed by atoms with E-state index >= 15 is 0 Å². The zero-order chi connectivity index (χ0) is 17.6. The molecule has 0 aliphatic carbocycles. The van der Waals surface area contributed by atoms with Crippen LogP contribution in [0.15, 0.2) is 53.1 Å². The zero-order valence-electron chi connectivity index (χ0n) is 14.3. The number of ketones is 1. The minimum absolute atomic E-state index is 0.0270. The Morgan fingerprint density at radius 2 is 1.80 bits per heavy atom. The highest BCUT2D eigenvalue weighted by Crippen LogP contribution is 2.13. The summed E-state index contributed by atoms with van der Waals surface area (Å²) in [5.41, 5.74) is 0. The number of ether oxygens (including phenoxy) is 1. The molecule has 6 nitrogen and oxygen atoms in total. The first kappa shape index (κ1) is 17.2. The molecule has 1 aromatic carbocycles. The van der Waals surface area contributed by atoms with Gasteiger partial charge in [0.25, 0.3) is 5.91 Å². The maximum atomic E-state index is 12.5. The molecule has 0 saturated carbocycles. The van der Waals surface area contributed by atoms with Gasteiger partial charge in [-0.05, 0) is 31.2 Å².